The summed E-state index contributed by atoms with van der Waals surface area (Å²) in [6.07, 6.45) is 0.743. The highest BCUT2D eigenvalue weighted by Gasteiger charge is 2.30. The van der Waals surface area contributed by atoms with Gasteiger partial charge in [0.1, 0.15) is 5.60 Å². The van der Waals surface area contributed by atoms with Gasteiger partial charge in [0.25, 0.3) is 0 Å². The maximum atomic E-state index is 12.0. The fourth-order valence-corrected chi connectivity index (χ4v) is 2.25. The summed E-state index contributed by atoms with van der Waals surface area (Å²) >= 11 is 0. The Balaban J connectivity index is 2.35. The minimum absolute atomic E-state index is 0.173. The lowest BCUT2D eigenvalue weighted by atomic mass is 10.1. The Morgan fingerprint density at radius 2 is 1.95 bits per heavy atom. The first-order chi connectivity index (χ1) is 9.13. The second kappa shape index (κ2) is 6.76. The van der Waals surface area contributed by atoms with Crippen LogP contribution >= 0.6 is 0 Å². The van der Waals surface area contributed by atoms with E-state index in [1.807, 2.05) is 27.7 Å². The summed E-state index contributed by atoms with van der Waals surface area (Å²) in [5.74, 6) is 0. The molecule has 1 fully saturated rings. The third-order valence-electron chi connectivity index (χ3n) is 3.19. The van der Waals surface area contributed by atoms with Gasteiger partial charge < -0.3 is 19.7 Å². The predicted molar refractivity (Wildman–Crippen MR) is 79.9 cm³/mol. The Hall–Kier alpha value is -0.810. The third kappa shape index (κ3) is 6.09. The number of nitrogens with one attached hydrogen (secondary N) is 1. The van der Waals surface area contributed by atoms with Crippen molar-refractivity contribution in [2.75, 3.05) is 26.2 Å². The fraction of sp³-hybridized carbons (Fsp3) is 0.933. The smallest absolute Gasteiger partial charge is 0.410 e. The van der Waals surface area contributed by atoms with Crippen molar-refractivity contribution in [2.45, 2.75) is 65.2 Å². The molecule has 1 N–H and O–H groups in total. The van der Waals surface area contributed by atoms with Gasteiger partial charge in [-0.15, -0.1) is 0 Å². The van der Waals surface area contributed by atoms with Crippen LogP contribution in [0.2, 0.25) is 0 Å². The van der Waals surface area contributed by atoms with Gasteiger partial charge in [0, 0.05) is 32.3 Å². The molecule has 20 heavy (non-hydrogen) atoms. The topological polar surface area (TPSA) is 50.8 Å². The van der Waals surface area contributed by atoms with E-state index >= 15 is 0 Å². The van der Waals surface area contributed by atoms with E-state index in [-0.39, 0.29) is 11.7 Å². The molecular formula is C15H30N2O3. The number of hydrogen-bond donors (Lipinski definition) is 1. The van der Waals surface area contributed by atoms with Crippen molar-refractivity contribution in [1.82, 2.24) is 10.2 Å². The lowest BCUT2D eigenvalue weighted by Gasteiger charge is -2.27. The van der Waals surface area contributed by atoms with Gasteiger partial charge in [-0.25, -0.2) is 4.79 Å². The lowest BCUT2D eigenvalue weighted by Crippen LogP contribution is -2.44. The van der Waals surface area contributed by atoms with Crippen molar-refractivity contribution in [3.63, 3.8) is 0 Å². The Kier molecular flexibility index (Phi) is 5.83. The molecule has 0 aromatic heterocycles. The molecule has 5 nitrogen and oxygen atoms in total. The van der Waals surface area contributed by atoms with Gasteiger partial charge >= 0.3 is 6.09 Å². The van der Waals surface area contributed by atoms with E-state index in [0.717, 1.165) is 19.5 Å². The third-order valence-corrected chi connectivity index (χ3v) is 3.19. The quantitative estimate of drug-likeness (QED) is 0.843. The highest BCUT2D eigenvalue weighted by atomic mass is 16.6. The highest BCUT2D eigenvalue weighted by molar-refractivity contribution is 5.68. The molecule has 1 rings (SSSR count). The minimum Gasteiger partial charge on any atom is -0.444 e. The summed E-state index contributed by atoms with van der Waals surface area (Å²) in [4.78, 5) is 13.7. The van der Waals surface area contributed by atoms with Gasteiger partial charge in [-0.3, -0.25) is 0 Å². The number of amides is 1. The van der Waals surface area contributed by atoms with Gasteiger partial charge in [-0.2, -0.15) is 0 Å². The molecule has 0 spiro atoms. The van der Waals surface area contributed by atoms with Gasteiger partial charge in [0.2, 0.25) is 0 Å². The van der Waals surface area contributed by atoms with Crippen LogP contribution in [-0.2, 0) is 9.47 Å². The van der Waals surface area contributed by atoms with Crippen LogP contribution in [0.4, 0.5) is 4.79 Å². The molecule has 1 unspecified atom stereocenters. The SMILES string of the molecule is CCOC(C)(C)CNC1CCN(C(=O)OC(C)(C)C)C1. The Morgan fingerprint density at radius 1 is 1.30 bits per heavy atom. The van der Waals surface area contributed by atoms with E-state index in [4.69, 9.17) is 9.47 Å². The summed E-state index contributed by atoms with van der Waals surface area (Å²) in [6, 6.07) is 0.322. The molecule has 0 bridgehead atoms. The average Bonchev–Trinajstić information content (AvgIpc) is 2.72. The lowest BCUT2D eigenvalue weighted by molar-refractivity contribution is -0.0104. The number of rotatable bonds is 5. The maximum Gasteiger partial charge on any atom is 0.410 e. The summed E-state index contributed by atoms with van der Waals surface area (Å²) in [5, 5.41) is 3.48. The fourth-order valence-electron chi connectivity index (χ4n) is 2.25. The van der Waals surface area contributed by atoms with E-state index in [2.05, 4.69) is 19.2 Å². The highest BCUT2D eigenvalue weighted by Crippen LogP contribution is 2.16. The molecule has 1 heterocycles. The molecule has 1 aliphatic rings. The van der Waals surface area contributed by atoms with E-state index in [1.54, 1.807) is 4.90 Å². The van der Waals surface area contributed by atoms with Crippen LogP contribution in [-0.4, -0.2) is 54.5 Å². The van der Waals surface area contributed by atoms with E-state index < -0.39 is 5.60 Å². The van der Waals surface area contributed by atoms with Crippen molar-refractivity contribution in [2.24, 2.45) is 0 Å². The van der Waals surface area contributed by atoms with Crippen molar-refractivity contribution in [1.29, 1.82) is 0 Å². The van der Waals surface area contributed by atoms with E-state index in [1.165, 1.54) is 0 Å². The molecule has 1 atom stereocenters. The van der Waals surface area contributed by atoms with Gasteiger partial charge in [0.15, 0.2) is 0 Å². The number of carbonyl (C=O) groups excluding carboxylic acids is 1. The molecule has 0 radical (unpaired) electrons. The molecular weight excluding hydrogens is 256 g/mol. The molecule has 0 aromatic carbocycles. The summed E-state index contributed by atoms with van der Waals surface area (Å²) in [6.45, 7) is 14.8. The Labute approximate surface area is 123 Å². The zero-order valence-electron chi connectivity index (χ0n) is 13.8. The van der Waals surface area contributed by atoms with Crippen LogP contribution < -0.4 is 5.32 Å². The molecule has 1 aliphatic heterocycles. The van der Waals surface area contributed by atoms with Crippen molar-refractivity contribution < 1.29 is 14.3 Å². The van der Waals surface area contributed by atoms with Crippen LogP contribution in [0.25, 0.3) is 0 Å². The molecule has 1 saturated heterocycles. The number of carbonyl (C=O) groups is 1. The van der Waals surface area contributed by atoms with Gasteiger partial charge in [0.05, 0.1) is 5.60 Å². The van der Waals surface area contributed by atoms with E-state index in [9.17, 15) is 4.79 Å². The van der Waals surface area contributed by atoms with Crippen LogP contribution in [0, 0.1) is 0 Å². The average molecular weight is 286 g/mol. The first kappa shape index (κ1) is 17.2. The molecule has 0 aliphatic carbocycles. The number of ether oxygens (including phenoxy) is 2. The summed E-state index contributed by atoms with van der Waals surface area (Å²) in [5.41, 5.74) is -0.604. The second-order valence-corrected chi connectivity index (χ2v) is 6.99. The predicted octanol–water partition coefficient (Wildman–Crippen LogP) is 2.40. The Bertz CT molecular complexity index is 324. The monoisotopic (exact) mass is 286 g/mol. The maximum absolute atomic E-state index is 12.0. The van der Waals surface area contributed by atoms with Crippen molar-refractivity contribution >= 4 is 6.09 Å². The molecule has 0 aromatic rings. The number of hydrogen-bond acceptors (Lipinski definition) is 4. The second-order valence-electron chi connectivity index (χ2n) is 6.99. The zero-order chi connectivity index (χ0) is 15.4. The van der Waals surface area contributed by atoms with Gasteiger partial charge in [-0.05, 0) is 48.0 Å². The summed E-state index contributed by atoms with van der Waals surface area (Å²) in [7, 11) is 0. The molecule has 5 heteroatoms. The van der Waals surface area contributed by atoms with Crippen molar-refractivity contribution in [3.8, 4) is 0 Å². The van der Waals surface area contributed by atoms with Crippen LogP contribution in [0.15, 0.2) is 0 Å². The van der Waals surface area contributed by atoms with Crippen LogP contribution in [0.5, 0.6) is 0 Å². The normalized spacial score (nSPS) is 20.3. The van der Waals surface area contributed by atoms with E-state index in [0.29, 0.717) is 19.2 Å². The zero-order valence-corrected chi connectivity index (χ0v) is 13.8. The largest absolute Gasteiger partial charge is 0.444 e. The number of likely N-dealkylation sites (tertiary alicyclic amines) is 1. The molecule has 118 valence electrons. The van der Waals surface area contributed by atoms with Crippen LogP contribution in [0.3, 0.4) is 0 Å². The first-order valence-electron chi connectivity index (χ1n) is 7.48. The van der Waals surface area contributed by atoms with Crippen molar-refractivity contribution in [3.05, 3.63) is 0 Å². The Morgan fingerprint density at radius 3 is 2.50 bits per heavy atom. The molecule has 0 saturated carbocycles. The standard InChI is InChI=1S/C15H30N2O3/c1-7-19-15(5,6)11-16-12-8-9-17(10-12)13(18)20-14(2,3)4/h12,16H,7-11H2,1-6H3. The van der Waals surface area contributed by atoms with Gasteiger partial charge in [-0.1, -0.05) is 0 Å². The van der Waals surface area contributed by atoms with Crippen LogP contribution in [0.1, 0.15) is 48.0 Å². The molecule has 1 amide bonds. The summed E-state index contributed by atoms with van der Waals surface area (Å²) < 4.78 is 11.1. The first-order valence-corrected chi connectivity index (χ1v) is 7.48. The number of nitrogens with zero attached hydrogens (tertiary/aromatic N) is 1. The minimum atomic E-state index is -0.431.